The fourth-order valence-electron chi connectivity index (χ4n) is 2.47. The topological polar surface area (TPSA) is 43.4 Å². The summed E-state index contributed by atoms with van der Waals surface area (Å²) in [7, 11) is 1.93. The van der Waals surface area contributed by atoms with E-state index in [9.17, 15) is 0 Å². The van der Waals surface area contributed by atoms with Gasteiger partial charge in [0, 0.05) is 31.1 Å². The second kappa shape index (κ2) is 6.16. The molecule has 0 saturated carbocycles. The van der Waals surface area contributed by atoms with Gasteiger partial charge >= 0.3 is 0 Å². The molecule has 4 heteroatoms. The van der Waals surface area contributed by atoms with Crippen molar-refractivity contribution in [2.24, 2.45) is 0 Å². The molecule has 1 saturated heterocycles. The molecule has 2 unspecified atom stereocenters. The fourth-order valence-corrected chi connectivity index (χ4v) is 2.47. The van der Waals surface area contributed by atoms with Crippen molar-refractivity contribution < 1.29 is 9.47 Å². The maximum absolute atomic E-state index is 6.10. The maximum atomic E-state index is 6.10. The number of ether oxygens (including phenoxy) is 2. The molecule has 1 aromatic heterocycles. The Morgan fingerprint density at radius 3 is 2.78 bits per heavy atom. The van der Waals surface area contributed by atoms with Crippen molar-refractivity contribution in [1.29, 1.82) is 0 Å². The van der Waals surface area contributed by atoms with E-state index in [4.69, 9.17) is 9.47 Å². The van der Waals surface area contributed by atoms with Crippen molar-refractivity contribution in [2.75, 3.05) is 7.05 Å². The molecule has 0 spiro atoms. The highest BCUT2D eigenvalue weighted by Crippen LogP contribution is 2.25. The molecule has 2 heterocycles. The summed E-state index contributed by atoms with van der Waals surface area (Å²) < 4.78 is 11.8. The third-order valence-electron chi connectivity index (χ3n) is 3.19. The molecule has 0 bridgehead atoms. The summed E-state index contributed by atoms with van der Waals surface area (Å²) >= 11 is 0. The number of hydrogen-bond donors (Lipinski definition) is 1. The van der Waals surface area contributed by atoms with Crippen LogP contribution in [-0.2, 0) is 11.3 Å². The van der Waals surface area contributed by atoms with Crippen molar-refractivity contribution >= 4 is 0 Å². The van der Waals surface area contributed by atoms with Gasteiger partial charge in [-0.15, -0.1) is 0 Å². The Balaban J connectivity index is 2.04. The minimum atomic E-state index is 0.226. The van der Waals surface area contributed by atoms with E-state index in [1.54, 1.807) is 12.4 Å². The van der Waals surface area contributed by atoms with Gasteiger partial charge in [0.05, 0.1) is 18.4 Å². The summed E-state index contributed by atoms with van der Waals surface area (Å²) in [4.78, 5) is 4.15. The molecule has 0 radical (unpaired) electrons. The zero-order chi connectivity index (χ0) is 13.0. The second-order valence-electron chi connectivity index (χ2n) is 4.98. The molecule has 2 rings (SSSR count). The van der Waals surface area contributed by atoms with Gasteiger partial charge in [0.15, 0.2) is 0 Å². The van der Waals surface area contributed by atoms with Crippen molar-refractivity contribution in [1.82, 2.24) is 10.3 Å². The summed E-state index contributed by atoms with van der Waals surface area (Å²) in [6, 6.07) is 2.00. The molecule has 0 amide bonds. The predicted octanol–water partition coefficient (Wildman–Crippen LogP) is 2.14. The van der Waals surface area contributed by atoms with Crippen LogP contribution in [0.25, 0.3) is 0 Å². The lowest BCUT2D eigenvalue weighted by Crippen LogP contribution is -2.36. The standard InChI is InChI=1S/C14H22N2O2/c1-10-6-13(7-11(2)17-10)18-14-9-16-5-4-12(14)8-15-3/h4-5,9-11,13,15H,6-8H2,1-3H3. The highest BCUT2D eigenvalue weighted by molar-refractivity contribution is 5.29. The molecule has 1 aromatic rings. The monoisotopic (exact) mass is 250 g/mol. The molecule has 100 valence electrons. The highest BCUT2D eigenvalue weighted by atomic mass is 16.5. The SMILES string of the molecule is CNCc1ccncc1OC1CC(C)OC(C)C1. The van der Waals surface area contributed by atoms with Gasteiger partial charge in [0.25, 0.3) is 0 Å². The van der Waals surface area contributed by atoms with E-state index >= 15 is 0 Å². The number of nitrogens with zero attached hydrogens (tertiary/aromatic N) is 1. The first kappa shape index (κ1) is 13.3. The van der Waals surface area contributed by atoms with Gasteiger partial charge in [-0.3, -0.25) is 4.98 Å². The van der Waals surface area contributed by atoms with E-state index < -0.39 is 0 Å². The van der Waals surface area contributed by atoms with E-state index in [1.807, 2.05) is 13.1 Å². The molecule has 18 heavy (non-hydrogen) atoms. The van der Waals surface area contributed by atoms with Crippen molar-refractivity contribution in [3.8, 4) is 5.75 Å². The molecule has 1 aliphatic rings. The molecule has 2 atom stereocenters. The molecular weight excluding hydrogens is 228 g/mol. The zero-order valence-corrected chi connectivity index (χ0v) is 11.3. The van der Waals surface area contributed by atoms with Crippen LogP contribution in [0.1, 0.15) is 32.3 Å². The van der Waals surface area contributed by atoms with Gasteiger partial charge < -0.3 is 14.8 Å². The summed E-state index contributed by atoms with van der Waals surface area (Å²) in [6.07, 6.45) is 6.25. The first-order valence-electron chi connectivity index (χ1n) is 6.58. The average Bonchev–Trinajstić information content (AvgIpc) is 2.30. The van der Waals surface area contributed by atoms with Crippen LogP contribution in [-0.4, -0.2) is 30.3 Å². The third-order valence-corrected chi connectivity index (χ3v) is 3.19. The maximum Gasteiger partial charge on any atom is 0.142 e. The summed E-state index contributed by atoms with van der Waals surface area (Å²) in [5, 5.41) is 3.15. The van der Waals surface area contributed by atoms with E-state index in [-0.39, 0.29) is 18.3 Å². The van der Waals surface area contributed by atoms with Crippen LogP contribution in [0, 0.1) is 0 Å². The Hall–Kier alpha value is -1.13. The van der Waals surface area contributed by atoms with Crippen LogP contribution < -0.4 is 10.1 Å². The van der Waals surface area contributed by atoms with Crippen LogP contribution in [0.4, 0.5) is 0 Å². The van der Waals surface area contributed by atoms with E-state index in [1.165, 1.54) is 0 Å². The van der Waals surface area contributed by atoms with Crippen molar-refractivity contribution in [3.05, 3.63) is 24.0 Å². The first-order valence-corrected chi connectivity index (χ1v) is 6.58. The lowest BCUT2D eigenvalue weighted by molar-refractivity contribution is -0.0723. The Labute approximate surface area is 109 Å². The number of pyridine rings is 1. The highest BCUT2D eigenvalue weighted by Gasteiger charge is 2.26. The first-order chi connectivity index (χ1) is 8.69. The molecule has 1 aliphatic heterocycles. The Morgan fingerprint density at radius 2 is 2.11 bits per heavy atom. The molecule has 0 aliphatic carbocycles. The lowest BCUT2D eigenvalue weighted by atomic mass is 10.0. The van der Waals surface area contributed by atoms with E-state index in [2.05, 4.69) is 24.1 Å². The van der Waals surface area contributed by atoms with Crippen LogP contribution in [0.5, 0.6) is 5.75 Å². The van der Waals surface area contributed by atoms with Crippen LogP contribution >= 0.6 is 0 Å². The molecule has 1 fully saturated rings. The van der Waals surface area contributed by atoms with Gasteiger partial charge in [0.2, 0.25) is 0 Å². The number of rotatable bonds is 4. The minimum Gasteiger partial charge on any atom is -0.488 e. The van der Waals surface area contributed by atoms with Gasteiger partial charge in [-0.1, -0.05) is 0 Å². The van der Waals surface area contributed by atoms with Crippen LogP contribution in [0.2, 0.25) is 0 Å². The minimum absolute atomic E-state index is 0.226. The normalized spacial score (nSPS) is 28.1. The van der Waals surface area contributed by atoms with Crippen LogP contribution in [0.15, 0.2) is 18.5 Å². The second-order valence-corrected chi connectivity index (χ2v) is 4.98. The van der Waals surface area contributed by atoms with E-state index in [0.29, 0.717) is 0 Å². The number of hydrogen-bond acceptors (Lipinski definition) is 4. The largest absolute Gasteiger partial charge is 0.488 e. The van der Waals surface area contributed by atoms with Crippen LogP contribution in [0.3, 0.4) is 0 Å². The Kier molecular flexibility index (Phi) is 4.55. The average molecular weight is 250 g/mol. The zero-order valence-electron chi connectivity index (χ0n) is 11.3. The van der Waals surface area contributed by atoms with Gasteiger partial charge in [-0.25, -0.2) is 0 Å². The molecule has 0 aromatic carbocycles. The predicted molar refractivity (Wildman–Crippen MR) is 70.7 cm³/mol. The van der Waals surface area contributed by atoms with Gasteiger partial charge in [-0.05, 0) is 27.0 Å². The molecule has 1 N–H and O–H groups in total. The Morgan fingerprint density at radius 1 is 1.39 bits per heavy atom. The molecular formula is C14H22N2O2. The smallest absolute Gasteiger partial charge is 0.142 e. The van der Waals surface area contributed by atoms with Crippen molar-refractivity contribution in [2.45, 2.75) is 51.5 Å². The number of aromatic nitrogens is 1. The fraction of sp³-hybridized carbons (Fsp3) is 0.643. The quantitative estimate of drug-likeness (QED) is 0.889. The lowest BCUT2D eigenvalue weighted by Gasteiger charge is -2.32. The van der Waals surface area contributed by atoms with Crippen molar-refractivity contribution in [3.63, 3.8) is 0 Å². The van der Waals surface area contributed by atoms with Gasteiger partial charge in [-0.2, -0.15) is 0 Å². The van der Waals surface area contributed by atoms with Gasteiger partial charge in [0.1, 0.15) is 11.9 Å². The summed E-state index contributed by atoms with van der Waals surface area (Å²) in [5.41, 5.74) is 1.15. The van der Waals surface area contributed by atoms with E-state index in [0.717, 1.165) is 30.7 Å². The Bertz CT molecular complexity index is 374. The molecule has 4 nitrogen and oxygen atoms in total. The summed E-state index contributed by atoms with van der Waals surface area (Å²) in [6.45, 7) is 5.00. The number of nitrogens with one attached hydrogen (secondary N) is 1. The summed E-state index contributed by atoms with van der Waals surface area (Å²) in [5.74, 6) is 0.887. The third kappa shape index (κ3) is 3.43.